The number of hydrogen-bond donors (Lipinski definition) is 1. The van der Waals surface area contributed by atoms with E-state index in [0.29, 0.717) is 0 Å². The highest BCUT2D eigenvalue weighted by Crippen LogP contribution is 2.23. The summed E-state index contributed by atoms with van der Waals surface area (Å²) in [7, 11) is 2.80. The third kappa shape index (κ3) is 3.55. The number of rotatable bonds is 4. The van der Waals surface area contributed by atoms with Crippen molar-refractivity contribution in [3.05, 3.63) is 65.0 Å². The molecule has 4 amide bonds. The molecule has 0 saturated heterocycles. The van der Waals surface area contributed by atoms with Crippen LogP contribution in [0.2, 0.25) is 0 Å². The summed E-state index contributed by atoms with van der Waals surface area (Å²) < 4.78 is 13.2. The lowest BCUT2D eigenvalue weighted by Crippen LogP contribution is -2.35. The SMILES string of the molecule is CN(CC(=O)Nc1cccc(F)c1)C(=O)c1ccc2c(c1)C(=O)N(C)C2=O. The maximum absolute atomic E-state index is 13.2. The number of anilines is 1. The van der Waals surface area contributed by atoms with Crippen LogP contribution in [0.1, 0.15) is 31.1 Å². The maximum atomic E-state index is 13.2. The van der Waals surface area contributed by atoms with Crippen LogP contribution in [-0.4, -0.2) is 54.1 Å². The molecule has 2 aromatic carbocycles. The third-order valence-corrected chi connectivity index (χ3v) is 4.17. The van der Waals surface area contributed by atoms with E-state index in [1.807, 2.05) is 0 Å². The molecule has 1 N–H and O–H groups in total. The summed E-state index contributed by atoms with van der Waals surface area (Å²) in [6, 6.07) is 9.62. The van der Waals surface area contributed by atoms with Gasteiger partial charge in [0.2, 0.25) is 5.91 Å². The van der Waals surface area contributed by atoms with E-state index in [1.54, 1.807) is 0 Å². The number of hydrogen-bond acceptors (Lipinski definition) is 4. The number of halogens is 1. The average Bonchev–Trinajstić information content (AvgIpc) is 2.85. The van der Waals surface area contributed by atoms with E-state index in [0.717, 1.165) is 4.90 Å². The van der Waals surface area contributed by atoms with Gasteiger partial charge >= 0.3 is 0 Å². The lowest BCUT2D eigenvalue weighted by Gasteiger charge is -2.17. The van der Waals surface area contributed by atoms with Crippen LogP contribution < -0.4 is 5.32 Å². The number of imide groups is 1. The van der Waals surface area contributed by atoms with Crippen LogP contribution in [0.15, 0.2) is 42.5 Å². The summed E-state index contributed by atoms with van der Waals surface area (Å²) in [6.45, 7) is -0.265. The molecule has 0 atom stereocenters. The van der Waals surface area contributed by atoms with Crippen molar-refractivity contribution in [2.45, 2.75) is 0 Å². The molecule has 0 aromatic heterocycles. The number of carbonyl (C=O) groups excluding carboxylic acids is 4. The molecule has 27 heavy (non-hydrogen) atoms. The van der Waals surface area contributed by atoms with Crippen LogP contribution in [0.5, 0.6) is 0 Å². The van der Waals surface area contributed by atoms with Gasteiger partial charge in [-0.05, 0) is 36.4 Å². The quantitative estimate of drug-likeness (QED) is 0.832. The monoisotopic (exact) mass is 369 g/mol. The molecular formula is C19H16FN3O4. The first-order valence-electron chi connectivity index (χ1n) is 8.05. The third-order valence-electron chi connectivity index (χ3n) is 4.17. The van der Waals surface area contributed by atoms with Crippen molar-refractivity contribution < 1.29 is 23.6 Å². The summed E-state index contributed by atoms with van der Waals surface area (Å²) >= 11 is 0. The van der Waals surface area contributed by atoms with E-state index in [4.69, 9.17) is 0 Å². The molecule has 2 aromatic rings. The number of fused-ring (bicyclic) bond motifs is 1. The van der Waals surface area contributed by atoms with Crippen molar-refractivity contribution in [2.75, 3.05) is 26.0 Å². The first-order valence-corrected chi connectivity index (χ1v) is 8.05. The Morgan fingerprint density at radius 1 is 1.07 bits per heavy atom. The molecule has 3 rings (SSSR count). The number of nitrogens with zero attached hydrogens (tertiary/aromatic N) is 2. The van der Waals surface area contributed by atoms with Gasteiger partial charge in [0.15, 0.2) is 0 Å². The van der Waals surface area contributed by atoms with Gasteiger partial charge in [0.05, 0.1) is 17.7 Å². The second kappa shape index (κ2) is 6.99. The van der Waals surface area contributed by atoms with Crippen molar-refractivity contribution in [3.8, 4) is 0 Å². The van der Waals surface area contributed by atoms with Crippen molar-refractivity contribution in [1.82, 2.24) is 9.80 Å². The van der Waals surface area contributed by atoms with E-state index >= 15 is 0 Å². The molecule has 0 aliphatic carbocycles. The molecule has 138 valence electrons. The summed E-state index contributed by atoms with van der Waals surface area (Å²) in [6.07, 6.45) is 0. The van der Waals surface area contributed by atoms with Crippen LogP contribution in [-0.2, 0) is 4.79 Å². The van der Waals surface area contributed by atoms with Gasteiger partial charge in [-0.3, -0.25) is 24.1 Å². The standard InChI is InChI=1S/C19H16FN3O4/c1-22(10-16(24)21-13-5-3-4-12(20)9-13)17(25)11-6-7-14-15(8-11)19(27)23(2)18(14)26/h3-9H,10H2,1-2H3,(H,21,24). The summed E-state index contributed by atoms with van der Waals surface area (Å²) in [5, 5.41) is 2.50. The highest BCUT2D eigenvalue weighted by molar-refractivity contribution is 6.21. The Hall–Kier alpha value is -3.55. The van der Waals surface area contributed by atoms with Crippen LogP contribution in [0.4, 0.5) is 10.1 Å². The van der Waals surface area contributed by atoms with Gasteiger partial charge in [-0.15, -0.1) is 0 Å². The number of likely N-dealkylation sites (N-methyl/N-ethyl adjacent to an activating group) is 1. The minimum Gasteiger partial charge on any atom is -0.332 e. The van der Waals surface area contributed by atoms with E-state index in [9.17, 15) is 23.6 Å². The molecule has 0 saturated carbocycles. The van der Waals surface area contributed by atoms with Crippen molar-refractivity contribution >= 4 is 29.3 Å². The normalized spacial score (nSPS) is 12.8. The Bertz CT molecular complexity index is 973. The van der Waals surface area contributed by atoms with E-state index in [-0.39, 0.29) is 28.9 Å². The molecular weight excluding hydrogens is 353 g/mol. The van der Waals surface area contributed by atoms with E-state index in [2.05, 4.69) is 5.32 Å². The highest BCUT2D eigenvalue weighted by atomic mass is 19.1. The largest absolute Gasteiger partial charge is 0.332 e. The molecule has 1 heterocycles. The number of carbonyl (C=O) groups is 4. The lowest BCUT2D eigenvalue weighted by atomic mass is 10.0. The molecule has 7 nitrogen and oxygen atoms in total. The minimum atomic E-state index is -0.497. The molecule has 0 unspecified atom stereocenters. The molecule has 0 bridgehead atoms. The topological polar surface area (TPSA) is 86.8 Å². The second-order valence-electron chi connectivity index (χ2n) is 6.15. The Morgan fingerprint density at radius 3 is 2.48 bits per heavy atom. The van der Waals surface area contributed by atoms with Gasteiger partial charge in [0, 0.05) is 25.3 Å². The van der Waals surface area contributed by atoms with Crippen molar-refractivity contribution in [1.29, 1.82) is 0 Å². The molecule has 1 aliphatic heterocycles. The second-order valence-corrected chi connectivity index (χ2v) is 6.15. The zero-order chi connectivity index (χ0) is 19.7. The molecule has 0 spiro atoms. The lowest BCUT2D eigenvalue weighted by molar-refractivity contribution is -0.116. The first kappa shape index (κ1) is 18.2. The van der Waals surface area contributed by atoms with E-state index < -0.39 is 29.4 Å². The Balaban J connectivity index is 1.70. The van der Waals surface area contributed by atoms with Gasteiger partial charge in [-0.25, -0.2) is 4.39 Å². The van der Waals surface area contributed by atoms with Crippen LogP contribution in [0, 0.1) is 5.82 Å². The van der Waals surface area contributed by atoms with E-state index in [1.165, 1.54) is 61.5 Å². The van der Waals surface area contributed by atoms with Gasteiger partial charge < -0.3 is 10.2 Å². The van der Waals surface area contributed by atoms with Gasteiger partial charge in [0.1, 0.15) is 5.82 Å². The van der Waals surface area contributed by atoms with Crippen LogP contribution in [0.3, 0.4) is 0 Å². The number of amides is 4. The molecule has 1 aliphatic rings. The Labute approximate surface area is 154 Å². The Morgan fingerprint density at radius 2 is 1.78 bits per heavy atom. The number of benzene rings is 2. The van der Waals surface area contributed by atoms with Gasteiger partial charge in [0.25, 0.3) is 17.7 Å². The summed E-state index contributed by atoms with van der Waals surface area (Å²) in [4.78, 5) is 50.7. The van der Waals surface area contributed by atoms with Crippen LogP contribution >= 0.6 is 0 Å². The molecule has 0 fully saturated rings. The summed E-state index contributed by atoms with van der Waals surface area (Å²) in [5.41, 5.74) is 0.869. The van der Waals surface area contributed by atoms with Crippen molar-refractivity contribution in [3.63, 3.8) is 0 Å². The fourth-order valence-corrected chi connectivity index (χ4v) is 2.77. The fourth-order valence-electron chi connectivity index (χ4n) is 2.77. The molecule has 0 radical (unpaired) electrons. The predicted molar refractivity (Wildman–Crippen MR) is 94.9 cm³/mol. The zero-order valence-electron chi connectivity index (χ0n) is 14.7. The predicted octanol–water partition coefficient (Wildman–Crippen LogP) is 1.76. The maximum Gasteiger partial charge on any atom is 0.261 e. The fraction of sp³-hybridized carbons (Fsp3) is 0.158. The van der Waals surface area contributed by atoms with Crippen LogP contribution in [0.25, 0.3) is 0 Å². The molecule has 8 heteroatoms. The summed E-state index contributed by atoms with van der Waals surface area (Å²) in [5.74, 6) is -2.36. The average molecular weight is 369 g/mol. The minimum absolute atomic E-state index is 0.158. The Kier molecular flexibility index (Phi) is 4.72. The number of nitrogens with one attached hydrogen (secondary N) is 1. The first-order chi connectivity index (χ1) is 12.8. The highest BCUT2D eigenvalue weighted by Gasteiger charge is 2.33. The zero-order valence-corrected chi connectivity index (χ0v) is 14.7. The van der Waals surface area contributed by atoms with Gasteiger partial charge in [-0.1, -0.05) is 6.07 Å². The smallest absolute Gasteiger partial charge is 0.261 e. The van der Waals surface area contributed by atoms with Crippen molar-refractivity contribution in [2.24, 2.45) is 0 Å². The van der Waals surface area contributed by atoms with Gasteiger partial charge in [-0.2, -0.15) is 0 Å².